The van der Waals surface area contributed by atoms with Gasteiger partial charge in [-0.2, -0.15) is 0 Å². The molecule has 18 heavy (non-hydrogen) atoms. The fraction of sp³-hybridized carbons (Fsp3) is 0.429. The second kappa shape index (κ2) is 5.68. The first-order valence-electron chi connectivity index (χ1n) is 6.40. The zero-order valence-corrected chi connectivity index (χ0v) is 10.3. The van der Waals surface area contributed by atoms with E-state index in [9.17, 15) is 4.39 Å². The summed E-state index contributed by atoms with van der Waals surface area (Å²) >= 11 is 0. The molecule has 0 unspecified atom stereocenters. The lowest BCUT2D eigenvalue weighted by Crippen LogP contribution is -2.30. The molecule has 0 bridgehead atoms. The van der Waals surface area contributed by atoms with E-state index in [0.717, 1.165) is 25.7 Å². The Labute approximate surface area is 107 Å². The predicted octanol–water partition coefficient (Wildman–Crippen LogP) is 1.97. The van der Waals surface area contributed by atoms with Crippen molar-refractivity contribution >= 4 is 12.6 Å². The van der Waals surface area contributed by atoms with Crippen LogP contribution in [0, 0.1) is 11.7 Å². The number of benzene rings is 1. The number of allylic oxidation sites excluding steroid dienone is 1. The molecule has 1 saturated carbocycles. The largest absolute Gasteiger partial charge is 0.488 e. The average Bonchev–Trinajstić information content (AvgIpc) is 2.38. The van der Waals surface area contributed by atoms with Crippen LogP contribution in [0.1, 0.15) is 37.2 Å². The van der Waals surface area contributed by atoms with Crippen LogP contribution >= 0.6 is 0 Å². The lowest BCUT2D eigenvalue weighted by molar-refractivity contribution is 0.369. The van der Waals surface area contributed by atoms with Gasteiger partial charge in [-0.05, 0) is 54.6 Å². The predicted molar refractivity (Wildman–Crippen MR) is 71.1 cm³/mol. The van der Waals surface area contributed by atoms with Crippen molar-refractivity contribution in [3.63, 3.8) is 0 Å². The third kappa shape index (κ3) is 2.82. The fourth-order valence-corrected chi connectivity index (χ4v) is 2.70. The number of hydrogen-bond acceptors (Lipinski definition) is 2. The minimum absolute atomic E-state index is 0.205. The van der Waals surface area contributed by atoms with Gasteiger partial charge in [0.15, 0.2) is 0 Å². The average molecular weight is 248 g/mol. The molecule has 96 valence electrons. The summed E-state index contributed by atoms with van der Waals surface area (Å²) in [5, 5.41) is 18.0. The van der Waals surface area contributed by atoms with Crippen molar-refractivity contribution in [3.05, 3.63) is 42.2 Å². The summed E-state index contributed by atoms with van der Waals surface area (Å²) in [6.45, 7) is 3.80. The van der Waals surface area contributed by atoms with E-state index < -0.39 is 7.12 Å². The molecule has 1 aromatic rings. The Balaban J connectivity index is 2.12. The van der Waals surface area contributed by atoms with Crippen LogP contribution in [0.4, 0.5) is 4.39 Å². The van der Waals surface area contributed by atoms with Crippen molar-refractivity contribution in [2.24, 2.45) is 5.92 Å². The van der Waals surface area contributed by atoms with Crippen molar-refractivity contribution < 1.29 is 14.4 Å². The first-order chi connectivity index (χ1) is 8.61. The maximum absolute atomic E-state index is 13.9. The second-order valence-corrected chi connectivity index (χ2v) is 5.00. The van der Waals surface area contributed by atoms with E-state index in [1.54, 1.807) is 12.1 Å². The highest BCUT2D eigenvalue weighted by molar-refractivity contribution is 6.58. The summed E-state index contributed by atoms with van der Waals surface area (Å²) < 4.78 is 13.9. The summed E-state index contributed by atoms with van der Waals surface area (Å²) in [6.07, 6.45) is 6.02. The van der Waals surface area contributed by atoms with Crippen molar-refractivity contribution in [1.82, 2.24) is 0 Å². The van der Waals surface area contributed by atoms with Crippen LogP contribution in [0.5, 0.6) is 0 Å². The zero-order valence-electron chi connectivity index (χ0n) is 10.3. The Bertz CT molecular complexity index is 426. The Kier molecular flexibility index (Phi) is 4.20. The van der Waals surface area contributed by atoms with E-state index in [0.29, 0.717) is 11.5 Å². The zero-order chi connectivity index (χ0) is 13.1. The molecule has 0 heterocycles. The third-order valence-electron chi connectivity index (χ3n) is 3.87. The van der Waals surface area contributed by atoms with E-state index in [1.807, 2.05) is 6.08 Å². The summed E-state index contributed by atoms with van der Waals surface area (Å²) in [6, 6.07) is 4.49. The molecule has 0 radical (unpaired) electrons. The summed E-state index contributed by atoms with van der Waals surface area (Å²) in [5.41, 5.74) is 0.901. The SMILES string of the molecule is C=CC1CCC(c2ccc(B(O)O)cc2F)CC1. The molecular weight excluding hydrogens is 230 g/mol. The Morgan fingerprint density at radius 2 is 1.89 bits per heavy atom. The van der Waals surface area contributed by atoms with Gasteiger partial charge < -0.3 is 10.0 Å². The molecular formula is C14H18BFO2. The summed E-state index contributed by atoms with van der Waals surface area (Å²) in [5.74, 6) is 0.469. The topological polar surface area (TPSA) is 40.5 Å². The van der Waals surface area contributed by atoms with Crippen molar-refractivity contribution in [3.8, 4) is 0 Å². The van der Waals surface area contributed by atoms with Gasteiger partial charge >= 0.3 is 7.12 Å². The molecule has 1 aliphatic rings. The van der Waals surface area contributed by atoms with E-state index in [1.165, 1.54) is 6.07 Å². The minimum Gasteiger partial charge on any atom is -0.423 e. The van der Waals surface area contributed by atoms with Crippen LogP contribution in [-0.4, -0.2) is 17.2 Å². The van der Waals surface area contributed by atoms with Crippen LogP contribution in [-0.2, 0) is 0 Å². The van der Waals surface area contributed by atoms with Gasteiger partial charge in [-0.1, -0.05) is 18.2 Å². The third-order valence-corrected chi connectivity index (χ3v) is 3.87. The van der Waals surface area contributed by atoms with Gasteiger partial charge in [0.05, 0.1) is 0 Å². The lowest BCUT2D eigenvalue weighted by Gasteiger charge is -2.27. The standard InChI is InChI=1S/C14H18BFO2/c1-2-10-3-5-11(6-4-10)13-8-7-12(15(17)18)9-14(13)16/h2,7-11,17-18H,1,3-6H2. The van der Waals surface area contributed by atoms with Gasteiger partial charge in [0, 0.05) is 0 Å². The van der Waals surface area contributed by atoms with Gasteiger partial charge in [0.2, 0.25) is 0 Å². The first kappa shape index (κ1) is 13.3. The van der Waals surface area contributed by atoms with Gasteiger partial charge in [-0.15, -0.1) is 6.58 Å². The molecule has 2 rings (SSSR count). The molecule has 1 aromatic carbocycles. The molecule has 0 aromatic heterocycles. The van der Waals surface area contributed by atoms with Crippen LogP contribution in [0.2, 0.25) is 0 Å². The lowest BCUT2D eigenvalue weighted by atomic mass is 9.76. The number of hydrogen-bond donors (Lipinski definition) is 2. The normalized spacial score (nSPS) is 23.7. The van der Waals surface area contributed by atoms with E-state index in [2.05, 4.69) is 6.58 Å². The highest BCUT2D eigenvalue weighted by atomic mass is 19.1. The number of rotatable bonds is 3. The van der Waals surface area contributed by atoms with Crippen molar-refractivity contribution in [2.45, 2.75) is 31.6 Å². The molecule has 2 N–H and O–H groups in total. The van der Waals surface area contributed by atoms with Gasteiger partial charge in [0.1, 0.15) is 5.82 Å². The van der Waals surface area contributed by atoms with E-state index >= 15 is 0 Å². The summed E-state index contributed by atoms with van der Waals surface area (Å²) in [7, 11) is -1.61. The maximum atomic E-state index is 13.9. The molecule has 4 heteroatoms. The molecule has 0 saturated heterocycles. The smallest absolute Gasteiger partial charge is 0.423 e. The molecule has 1 fully saturated rings. The second-order valence-electron chi connectivity index (χ2n) is 5.00. The van der Waals surface area contributed by atoms with Crippen LogP contribution in [0.15, 0.2) is 30.9 Å². The van der Waals surface area contributed by atoms with Crippen LogP contribution < -0.4 is 5.46 Å². The van der Waals surface area contributed by atoms with Gasteiger partial charge in [-0.25, -0.2) is 4.39 Å². The fourth-order valence-electron chi connectivity index (χ4n) is 2.70. The molecule has 0 spiro atoms. The maximum Gasteiger partial charge on any atom is 0.488 e. The molecule has 1 aliphatic carbocycles. The highest BCUT2D eigenvalue weighted by Gasteiger charge is 2.23. The Morgan fingerprint density at radius 1 is 1.22 bits per heavy atom. The van der Waals surface area contributed by atoms with E-state index in [-0.39, 0.29) is 17.2 Å². The van der Waals surface area contributed by atoms with Crippen LogP contribution in [0.25, 0.3) is 0 Å². The van der Waals surface area contributed by atoms with Crippen LogP contribution in [0.3, 0.4) is 0 Å². The molecule has 2 nitrogen and oxygen atoms in total. The molecule has 0 aliphatic heterocycles. The monoisotopic (exact) mass is 248 g/mol. The van der Waals surface area contributed by atoms with E-state index in [4.69, 9.17) is 10.0 Å². The molecule has 0 amide bonds. The molecule has 0 atom stereocenters. The Morgan fingerprint density at radius 3 is 2.39 bits per heavy atom. The van der Waals surface area contributed by atoms with Gasteiger partial charge in [-0.3, -0.25) is 0 Å². The van der Waals surface area contributed by atoms with Crippen molar-refractivity contribution in [1.29, 1.82) is 0 Å². The first-order valence-corrected chi connectivity index (χ1v) is 6.40. The Hall–Kier alpha value is -1.13. The van der Waals surface area contributed by atoms with Crippen molar-refractivity contribution in [2.75, 3.05) is 0 Å². The quantitative estimate of drug-likeness (QED) is 0.634. The minimum atomic E-state index is -1.61. The summed E-state index contributed by atoms with van der Waals surface area (Å²) in [4.78, 5) is 0. The highest BCUT2D eigenvalue weighted by Crippen LogP contribution is 2.36. The number of halogens is 1. The van der Waals surface area contributed by atoms with Gasteiger partial charge in [0.25, 0.3) is 0 Å².